The first-order valence-electron chi connectivity index (χ1n) is 4.82. The zero-order chi connectivity index (χ0) is 13.5. The van der Waals surface area contributed by atoms with E-state index in [9.17, 15) is 17.6 Å². The maximum absolute atomic E-state index is 13.0. The van der Waals surface area contributed by atoms with Gasteiger partial charge in [-0.3, -0.25) is 0 Å². The second-order valence-electron chi connectivity index (χ2n) is 3.63. The molecule has 94 valence electrons. The molecular formula is C10H6BF4NO2. The van der Waals surface area contributed by atoms with Crippen molar-refractivity contribution in [2.45, 2.75) is 6.18 Å². The number of aromatic nitrogens is 1. The molecule has 0 saturated carbocycles. The van der Waals surface area contributed by atoms with Crippen LogP contribution in [0.25, 0.3) is 10.9 Å². The molecule has 0 atom stereocenters. The number of benzene rings is 1. The Hall–Kier alpha value is -1.67. The molecule has 0 radical (unpaired) electrons. The Bertz CT molecular complexity index is 600. The van der Waals surface area contributed by atoms with E-state index in [2.05, 4.69) is 4.98 Å². The van der Waals surface area contributed by atoms with Gasteiger partial charge in [0.05, 0.1) is 5.52 Å². The lowest BCUT2D eigenvalue weighted by molar-refractivity contribution is -0.140. The van der Waals surface area contributed by atoms with Crippen LogP contribution in [0.15, 0.2) is 24.3 Å². The van der Waals surface area contributed by atoms with E-state index in [0.29, 0.717) is 6.07 Å². The highest BCUT2D eigenvalue weighted by atomic mass is 19.4. The first-order valence-corrected chi connectivity index (χ1v) is 4.82. The number of alkyl halides is 3. The summed E-state index contributed by atoms with van der Waals surface area (Å²) in [5, 5.41) is 18.0. The number of halogens is 4. The van der Waals surface area contributed by atoms with Crippen LogP contribution in [-0.2, 0) is 6.18 Å². The van der Waals surface area contributed by atoms with Gasteiger partial charge in [0.2, 0.25) is 0 Å². The van der Waals surface area contributed by atoms with E-state index in [1.807, 2.05) is 0 Å². The molecule has 0 unspecified atom stereocenters. The van der Waals surface area contributed by atoms with Crippen LogP contribution >= 0.6 is 0 Å². The SMILES string of the molecule is OB(O)c1cc(C(F)(F)F)nc2ccc(F)cc12. The van der Waals surface area contributed by atoms with Gasteiger partial charge in [0.25, 0.3) is 0 Å². The van der Waals surface area contributed by atoms with E-state index in [-0.39, 0.29) is 10.9 Å². The fourth-order valence-electron chi connectivity index (χ4n) is 1.58. The Morgan fingerprint density at radius 2 is 1.78 bits per heavy atom. The van der Waals surface area contributed by atoms with Gasteiger partial charge in [-0.25, -0.2) is 9.37 Å². The Morgan fingerprint density at radius 1 is 1.11 bits per heavy atom. The Morgan fingerprint density at radius 3 is 2.33 bits per heavy atom. The average molecular weight is 259 g/mol. The number of fused-ring (bicyclic) bond motifs is 1. The van der Waals surface area contributed by atoms with Crippen molar-refractivity contribution in [2.24, 2.45) is 0 Å². The zero-order valence-corrected chi connectivity index (χ0v) is 8.74. The molecule has 0 fully saturated rings. The van der Waals surface area contributed by atoms with Gasteiger partial charge < -0.3 is 10.0 Å². The maximum atomic E-state index is 13.0. The minimum absolute atomic E-state index is 0.0713. The molecule has 1 aromatic carbocycles. The topological polar surface area (TPSA) is 53.4 Å². The Balaban J connectivity index is 2.79. The molecule has 18 heavy (non-hydrogen) atoms. The van der Waals surface area contributed by atoms with Gasteiger partial charge >= 0.3 is 13.3 Å². The largest absolute Gasteiger partial charge is 0.489 e. The van der Waals surface area contributed by atoms with Crippen LogP contribution < -0.4 is 5.46 Å². The van der Waals surface area contributed by atoms with Gasteiger partial charge in [0, 0.05) is 5.39 Å². The molecule has 2 N–H and O–H groups in total. The van der Waals surface area contributed by atoms with Crippen molar-refractivity contribution in [3.05, 3.63) is 35.8 Å². The van der Waals surface area contributed by atoms with Gasteiger partial charge in [-0.15, -0.1) is 0 Å². The summed E-state index contributed by atoms with van der Waals surface area (Å²) in [7, 11) is -2.14. The zero-order valence-electron chi connectivity index (χ0n) is 8.74. The van der Waals surface area contributed by atoms with Crippen LogP contribution in [0.1, 0.15) is 5.69 Å². The van der Waals surface area contributed by atoms with Gasteiger partial charge in [-0.2, -0.15) is 13.2 Å². The number of hydrogen-bond donors (Lipinski definition) is 2. The molecule has 1 heterocycles. The summed E-state index contributed by atoms with van der Waals surface area (Å²) in [4.78, 5) is 3.32. The highest BCUT2D eigenvalue weighted by Gasteiger charge is 2.34. The molecule has 0 aliphatic carbocycles. The third kappa shape index (κ3) is 2.29. The monoisotopic (exact) mass is 259 g/mol. The second-order valence-corrected chi connectivity index (χ2v) is 3.63. The first-order chi connectivity index (χ1) is 8.29. The fourth-order valence-corrected chi connectivity index (χ4v) is 1.58. The predicted octanol–water partition coefficient (Wildman–Crippen LogP) is 1.07. The van der Waals surface area contributed by atoms with Crippen LogP contribution in [0.5, 0.6) is 0 Å². The average Bonchev–Trinajstić information content (AvgIpc) is 2.25. The smallest absolute Gasteiger partial charge is 0.423 e. The van der Waals surface area contributed by atoms with Gasteiger partial charge in [0.1, 0.15) is 11.5 Å². The van der Waals surface area contributed by atoms with Crippen molar-refractivity contribution in [1.29, 1.82) is 0 Å². The van der Waals surface area contributed by atoms with Crippen molar-refractivity contribution >= 4 is 23.5 Å². The van der Waals surface area contributed by atoms with E-state index >= 15 is 0 Å². The van der Waals surface area contributed by atoms with Gasteiger partial charge in [-0.05, 0) is 29.7 Å². The molecule has 8 heteroatoms. The van der Waals surface area contributed by atoms with Crippen LogP contribution in [-0.4, -0.2) is 22.2 Å². The number of hydrogen-bond acceptors (Lipinski definition) is 3. The van der Waals surface area contributed by atoms with E-state index in [0.717, 1.165) is 18.2 Å². The Kier molecular flexibility index (Phi) is 3.00. The van der Waals surface area contributed by atoms with Crippen molar-refractivity contribution < 1.29 is 27.6 Å². The summed E-state index contributed by atoms with van der Waals surface area (Å²) < 4.78 is 50.6. The lowest BCUT2D eigenvalue weighted by atomic mass is 9.77. The van der Waals surface area contributed by atoms with Gasteiger partial charge in [0.15, 0.2) is 0 Å². The summed E-state index contributed by atoms with van der Waals surface area (Å²) in [6, 6.07) is 3.39. The summed E-state index contributed by atoms with van der Waals surface area (Å²) in [5.41, 5.74) is -1.86. The molecule has 0 aliphatic heterocycles. The highest BCUT2D eigenvalue weighted by molar-refractivity contribution is 6.61. The minimum atomic E-state index is -4.72. The predicted molar refractivity (Wildman–Crippen MR) is 56.5 cm³/mol. The van der Waals surface area contributed by atoms with Crippen LogP contribution in [0.4, 0.5) is 17.6 Å². The maximum Gasteiger partial charge on any atom is 0.489 e. The van der Waals surface area contributed by atoms with Crippen LogP contribution in [0.3, 0.4) is 0 Å². The van der Waals surface area contributed by atoms with E-state index in [1.54, 1.807) is 0 Å². The van der Waals surface area contributed by atoms with E-state index < -0.39 is 30.3 Å². The minimum Gasteiger partial charge on any atom is -0.423 e. The quantitative estimate of drug-likeness (QED) is 0.595. The molecule has 2 rings (SSSR count). The summed E-state index contributed by atoms with van der Waals surface area (Å²) in [6.07, 6.45) is -4.72. The summed E-state index contributed by atoms with van der Waals surface area (Å²) in [6.45, 7) is 0. The molecule has 0 saturated heterocycles. The molecule has 2 aromatic rings. The van der Waals surface area contributed by atoms with Gasteiger partial charge in [-0.1, -0.05) is 0 Å². The van der Waals surface area contributed by atoms with Crippen LogP contribution in [0.2, 0.25) is 0 Å². The third-order valence-electron chi connectivity index (χ3n) is 2.37. The molecular weight excluding hydrogens is 253 g/mol. The third-order valence-corrected chi connectivity index (χ3v) is 2.37. The van der Waals surface area contributed by atoms with E-state index in [1.165, 1.54) is 0 Å². The molecule has 0 spiro atoms. The standard InChI is InChI=1S/C10H6BF4NO2/c12-5-1-2-8-6(3-5)7(11(17)18)4-9(16-8)10(13,14)15/h1-4,17-18H. The Labute approximate surface area is 98.8 Å². The molecule has 3 nitrogen and oxygen atoms in total. The summed E-state index contributed by atoms with van der Waals surface area (Å²) >= 11 is 0. The second kappa shape index (κ2) is 4.22. The highest BCUT2D eigenvalue weighted by Crippen LogP contribution is 2.28. The molecule has 0 aliphatic rings. The van der Waals surface area contributed by atoms with Crippen molar-refractivity contribution in [2.75, 3.05) is 0 Å². The van der Waals surface area contributed by atoms with E-state index in [4.69, 9.17) is 10.0 Å². The molecule has 0 bridgehead atoms. The summed E-state index contributed by atoms with van der Waals surface area (Å²) in [5.74, 6) is -0.703. The van der Waals surface area contributed by atoms with Crippen LogP contribution in [0, 0.1) is 5.82 Å². The lowest BCUT2D eigenvalue weighted by Gasteiger charge is -2.11. The molecule has 0 amide bonds. The number of nitrogens with zero attached hydrogens (tertiary/aromatic N) is 1. The number of pyridine rings is 1. The fraction of sp³-hybridized carbons (Fsp3) is 0.100. The first kappa shape index (κ1) is 12.8. The van der Waals surface area contributed by atoms with Crippen molar-refractivity contribution in [1.82, 2.24) is 4.98 Å². The van der Waals surface area contributed by atoms with Crippen molar-refractivity contribution in [3.63, 3.8) is 0 Å². The lowest BCUT2D eigenvalue weighted by Crippen LogP contribution is -2.32. The molecule has 1 aromatic heterocycles. The normalized spacial score (nSPS) is 11.9. The number of rotatable bonds is 1. The van der Waals surface area contributed by atoms with Crippen molar-refractivity contribution in [3.8, 4) is 0 Å².